The van der Waals surface area contributed by atoms with Crippen molar-refractivity contribution in [2.24, 2.45) is 0 Å². The van der Waals surface area contributed by atoms with Gasteiger partial charge in [-0.3, -0.25) is 9.59 Å². The van der Waals surface area contributed by atoms with Gasteiger partial charge < -0.3 is 13.7 Å². The van der Waals surface area contributed by atoms with E-state index in [-0.39, 0.29) is 28.9 Å². The summed E-state index contributed by atoms with van der Waals surface area (Å²) in [4.78, 5) is 27.8. The molecule has 1 aliphatic rings. The lowest BCUT2D eigenvalue weighted by atomic mass is 9.98. The van der Waals surface area contributed by atoms with Crippen molar-refractivity contribution in [1.82, 2.24) is 4.90 Å². The normalized spacial score (nSPS) is 16.0. The third-order valence-electron chi connectivity index (χ3n) is 4.98. The number of fused-ring (bicyclic) bond motifs is 2. The molecule has 2 aromatic carbocycles. The Kier molecular flexibility index (Phi) is 3.65. The van der Waals surface area contributed by atoms with Crippen LogP contribution in [0.15, 0.2) is 80.6 Å². The molecule has 0 fully saturated rings. The minimum Gasteiger partial charge on any atom is -0.467 e. The summed E-state index contributed by atoms with van der Waals surface area (Å²) in [7, 11) is 0. The summed E-state index contributed by atoms with van der Waals surface area (Å²) in [5.41, 5.74) is 0.385. The lowest BCUT2D eigenvalue weighted by Gasteiger charge is -2.24. The minimum atomic E-state index is -0.894. The van der Waals surface area contributed by atoms with Crippen molar-refractivity contribution in [2.75, 3.05) is 0 Å². The SMILES string of the molecule is O=C1c2oc3ccccc3c(=O)c2C(c2ccccc2F)N1Cc1ccco1. The first kappa shape index (κ1) is 16.5. The van der Waals surface area contributed by atoms with E-state index in [1.165, 1.54) is 17.2 Å². The molecule has 138 valence electrons. The first-order valence-corrected chi connectivity index (χ1v) is 8.78. The number of amides is 1. The van der Waals surface area contributed by atoms with E-state index in [1.54, 1.807) is 54.6 Å². The maximum absolute atomic E-state index is 14.7. The molecule has 2 aromatic heterocycles. The minimum absolute atomic E-state index is 0.0523. The summed E-state index contributed by atoms with van der Waals surface area (Å²) < 4.78 is 25.8. The van der Waals surface area contributed by atoms with Crippen LogP contribution in [0.2, 0.25) is 0 Å². The van der Waals surface area contributed by atoms with Gasteiger partial charge in [-0.25, -0.2) is 4.39 Å². The molecule has 0 bridgehead atoms. The van der Waals surface area contributed by atoms with Gasteiger partial charge in [0, 0.05) is 5.56 Å². The zero-order valence-corrected chi connectivity index (χ0v) is 14.6. The summed E-state index contributed by atoms with van der Waals surface area (Å²) in [6.07, 6.45) is 1.50. The molecule has 3 heterocycles. The molecule has 5 nitrogen and oxygen atoms in total. The Bertz CT molecular complexity index is 1260. The summed E-state index contributed by atoms with van der Waals surface area (Å²) in [5, 5.41) is 0.357. The maximum atomic E-state index is 14.7. The van der Waals surface area contributed by atoms with Crippen molar-refractivity contribution in [3.63, 3.8) is 0 Å². The van der Waals surface area contributed by atoms with E-state index in [4.69, 9.17) is 8.83 Å². The number of para-hydroxylation sites is 1. The molecule has 1 aliphatic heterocycles. The van der Waals surface area contributed by atoms with Gasteiger partial charge in [-0.1, -0.05) is 30.3 Å². The average Bonchev–Trinajstić information content (AvgIpc) is 3.31. The lowest BCUT2D eigenvalue weighted by Crippen LogP contribution is -2.29. The number of rotatable bonds is 3. The highest BCUT2D eigenvalue weighted by molar-refractivity contribution is 5.99. The van der Waals surface area contributed by atoms with Gasteiger partial charge in [-0.2, -0.15) is 0 Å². The molecule has 4 aromatic rings. The lowest BCUT2D eigenvalue weighted by molar-refractivity contribution is 0.0699. The summed E-state index contributed by atoms with van der Waals surface area (Å²) in [6.45, 7) is 0.0881. The number of hydrogen-bond donors (Lipinski definition) is 0. The maximum Gasteiger partial charge on any atom is 0.291 e. The third kappa shape index (κ3) is 2.38. The van der Waals surface area contributed by atoms with Gasteiger partial charge in [-0.05, 0) is 30.3 Å². The Morgan fingerprint density at radius 1 is 0.964 bits per heavy atom. The van der Waals surface area contributed by atoms with Gasteiger partial charge in [0.05, 0.1) is 29.8 Å². The molecule has 0 saturated heterocycles. The standard InChI is InChI=1S/C22H14FNO4/c23-16-9-3-1-7-14(16)19-18-20(25)15-8-2-4-10-17(15)28-21(18)22(26)24(19)12-13-6-5-11-27-13/h1-11,19H,12H2. The number of carbonyl (C=O) groups is 1. The number of halogens is 1. The molecule has 6 heteroatoms. The Morgan fingerprint density at radius 3 is 2.54 bits per heavy atom. The highest BCUT2D eigenvalue weighted by atomic mass is 19.1. The molecule has 0 spiro atoms. The average molecular weight is 375 g/mol. The van der Waals surface area contributed by atoms with Crippen LogP contribution in [0.5, 0.6) is 0 Å². The van der Waals surface area contributed by atoms with E-state index < -0.39 is 17.8 Å². The van der Waals surface area contributed by atoms with Gasteiger partial charge in [0.25, 0.3) is 5.91 Å². The van der Waals surface area contributed by atoms with E-state index in [1.807, 2.05) is 0 Å². The van der Waals surface area contributed by atoms with Crippen LogP contribution in [0.25, 0.3) is 11.0 Å². The molecule has 5 rings (SSSR count). The van der Waals surface area contributed by atoms with Crippen molar-refractivity contribution >= 4 is 16.9 Å². The Labute approximate surface area is 158 Å². The zero-order chi connectivity index (χ0) is 19.3. The number of hydrogen-bond acceptors (Lipinski definition) is 4. The summed E-state index contributed by atoms with van der Waals surface area (Å²) in [6, 6.07) is 15.4. The van der Waals surface area contributed by atoms with Gasteiger partial charge >= 0.3 is 0 Å². The van der Waals surface area contributed by atoms with Crippen LogP contribution in [0.3, 0.4) is 0 Å². The van der Waals surface area contributed by atoms with Gasteiger partial charge in [-0.15, -0.1) is 0 Å². The Hall–Kier alpha value is -3.67. The van der Waals surface area contributed by atoms with Gasteiger partial charge in [0.2, 0.25) is 5.76 Å². The van der Waals surface area contributed by atoms with Crippen LogP contribution in [-0.2, 0) is 6.54 Å². The zero-order valence-electron chi connectivity index (χ0n) is 14.6. The van der Waals surface area contributed by atoms with Crippen LogP contribution < -0.4 is 5.43 Å². The monoisotopic (exact) mass is 375 g/mol. The van der Waals surface area contributed by atoms with Crippen LogP contribution >= 0.6 is 0 Å². The van der Waals surface area contributed by atoms with Crippen LogP contribution in [-0.4, -0.2) is 10.8 Å². The largest absolute Gasteiger partial charge is 0.467 e. The second-order valence-electron chi connectivity index (χ2n) is 6.61. The Balaban J connectivity index is 1.78. The fraction of sp³-hybridized carbons (Fsp3) is 0.0909. The number of benzene rings is 2. The third-order valence-corrected chi connectivity index (χ3v) is 4.98. The van der Waals surface area contributed by atoms with E-state index in [2.05, 4.69) is 0 Å². The van der Waals surface area contributed by atoms with E-state index in [9.17, 15) is 14.0 Å². The van der Waals surface area contributed by atoms with Crippen LogP contribution in [0.4, 0.5) is 4.39 Å². The van der Waals surface area contributed by atoms with Crippen molar-refractivity contribution in [3.8, 4) is 0 Å². The predicted molar refractivity (Wildman–Crippen MR) is 99.3 cm³/mol. The summed E-state index contributed by atoms with van der Waals surface area (Å²) in [5.74, 6) is -0.490. The fourth-order valence-corrected chi connectivity index (χ4v) is 3.72. The quantitative estimate of drug-likeness (QED) is 0.536. The molecule has 0 radical (unpaired) electrons. The van der Waals surface area contributed by atoms with Crippen molar-refractivity contribution in [2.45, 2.75) is 12.6 Å². The molecular weight excluding hydrogens is 361 g/mol. The van der Waals surface area contributed by atoms with Gasteiger partial charge in [0.15, 0.2) is 5.43 Å². The molecule has 1 amide bonds. The van der Waals surface area contributed by atoms with Crippen LogP contribution in [0.1, 0.15) is 33.5 Å². The van der Waals surface area contributed by atoms with Crippen LogP contribution in [0, 0.1) is 5.82 Å². The molecule has 1 unspecified atom stereocenters. The first-order chi connectivity index (χ1) is 13.6. The second-order valence-corrected chi connectivity index (χ2v) is 6.61. The second kappa shape index (κ2) is 6.20. The van der Waals surface area contributed by atoms with E-state index >= 15 is 0 Å². The molecule has 0 saturated carbocycles. The molecule has 0 N–H and O–H groups in total. The highest BCUT2D eigenvalue weighted by Gasteiger charge is 2.43. The van der Waals surface area contributed by atoms with Crippen molar-refractivity contribution < 1.29 is 18.0 Å². The van der Waals surface area contributed by atoms with E-state index in [0.29, 0.717) is 16.7 Å². The number of carbonyl (C=O) groups excluding carboxylic acids is 1. The first-order valence-electron chi connectivity index (χ1n) is 8.78. The van der Waals surface area contributed by atoms with Crippen molar-refractivity contribution in [1.29, 1.82) is 0 Å². The number of furan rings is 1. The van der Waals surface area contributed by atoms with Crippen molar-refractivity contribution in [3.05, 3.63) is 106 Å². The molecule has 0 aliphatic carbocycles. The Morgan fingerprint density at radius 2 is 1.75 bits per heavy atom. The predicted octanol–water partition coefficient (Wildman–Crippen LogP) is 4.27. The number of nitrogens with zero attached hydrogens (tertiary/aromatic N) is 1. The molecule has 28 heavy (non-hydrogen) atoms. The van der Waals surface area contributed by atoms with Gasteiger partial charge in [0.1, 0.15) is 17.2 Å². The summed E-state index contributed by atoms with van der Waals surface area (Å²) >= 11 is 0. The molecule has 1 atom stereocenters. The topological polar surface area (TPSA) is 63.7 Å². The smallest absolute Gasteiger partial charge is 0.291 e. The fourth-order valence-electron chi connectivity index (χ4n) is 3.72. The highest BCUT2D eigenvalue weighted by Crippen LogP contribution is 2.39. The van der Waals surface area contributed by atoms with E-state index in [0.717, 1.165) is 0 Å². The molecular formula is C22H14FNO4.